The number of amides is 4. The van der Waals surface area contributed by atoms with E-state index in [1.54, 1.807) is 0 Å². The zero-order valence-corrected chi connectivity index (χ0v) is 17.0. The van der Waals surface area contributed by atoms with Gasteiger partial charge in [0.05, 0.1) is 6.61 Å². The monoisotopic (exact) mass is 417 g/mol. The molecule has 30 heavy (non-hydrogen) atoms. The lowest BCUT2D eigenvalue weighted by atomic mass is 9.77. The van der Waals surface area contributed by atoms with Gasteiger partial charge in [-0.3, -0.25) is 19.8 Å². The lowest BCUT2D eigenvalue weighted by Crippen LogP contribution is -2.52. The molecule has 162 valence electrons. The van der Waals surface area contributed by atoms with Crippen LogP contribution in [0, 0.1) is 5.92 Å². The third-order valence-electron chi connectivity index (χ3n) is 5.43. The van der Waals surface area contributed by atoms with Crippen molar-refractivity contribution in [2.75, 3.05) is 13.2 Å². The average Bonchev–Trinajstić information content (AvgIpc) is 2.97. The molecular weight excluding hydrogens is 390 g/mol. The predicted molar refractivity (Wildman–Crippen MR) is 106 cm³/mol. The topological polar surface area (TPSA) is 114 Å². The van der Waals surface area contributed by atoms with Gasteiger partial charge in [0.15, 0.2) is 6.61 Å². The number of hydrazine groups is 1. The molecule has 1 saturated heterocycles. The molecule has 0 atom stereocenters. The van der Waals surface area contributed by atoms with Gasteiger partial charge in [0.2, 0.25) is 0 Å². The molecule has 3 rings (SSSR count). The van der Waals surface area contributed by atoms with Crippen LogP contribution < -0.4 is 15.5 Å². The molecule has 9 heteroatoms. The fourth-order valence-corrected chi connectivity index (χ4v) is 3.61. The number of nitrogens with one attached hydrogen (secondary N) is 2. The highest BCUT2D eigenvalue weighted by molar-refractivity contribution is 6.08. The van der Waals surface area contributed by atoms with Gasteiger partial charge < -0.3 is 14.8 Å². The zero-order valence-electron chi connectivity index (χ0n) is 17.0. The Balaban J connectivity index is 1.36. The fraction of sp³-hybridized carbons (Fsp3) is 0.524. The van der Waals surface area contributed by atoms with Crippen molar-refractivity contribution in [3.05, 3.63) is 30.3 Å². The van der Waals surface area contributed by atoms with Crippen molar-refractivity contribution in [3.8, 4) is 5.75 Å². The lowest BCUT2D eigenvalue weighted by Gasteiger charge is -2.33. The molecule has 1 spiro atoms. The normalized spacial score (nSPS) is 23.2. The molecular formula is C21H27N3O6. The summed E-state index contributed by atoms with van der Waals surface area (Å²) in [4.78, 5) is 48.7. The van der Waals surface area contributed by atoms with Gasteiger partial charge in [-0.2, -0.15) is 5.01 Å². The summed E-state index contributed by atoms with van der Waals surface area (Å²) >= 11 is 0. The van der Waals surface area contributed by atoms with Crippen molar-refractivity contribution < 1.29 is 28.7 Å². The Bertz CT molecular complexity index is 789. The molecule has 1 aliphatic carbocycles. The van der Waals surface area contributed by atoms with Gasteiger partial charge in [0.1, 0.15) is 11.3 Å². The van der Waals surface area contributed by atoms with Crippen molar-refractivity contribution in [2.24, 2.45) is 5.92 Å². The van der Waals surface area contributed by atoms with E-state index in [1.807, 2.05) is 30.3 Å². The second-order valence-electron chi connectivity index (χ2n) is 7.80. The summed E-state index contributed by atoms with van der Waals surface area (Å²) in [6, 6.07) is 8.55. The number of carbonyl (C=O) groups is 4. The third kappa shape index (κ3) is 5.28. The summed E-state index contributed by atoms with van der Waals surface area (Å²) in [5, 5.41) is 3.40. The molecule has 1 aromatic rings. The van der Waals surface area contributed by atoms with Gasteiger partial charge >= 0.3 is 12.0 Å². The zero-order chi connectivity index (χ0) is 21.6. The summed E-state index contributed by atoms with van der Waals surface area (Å²) < 4.78 is 10.4. The first-order valence-corrected chi connectivity index (χ1v) is 10.2. The molecule has 0 aromatic heterocycles. The molecule has 1 aromatic carbocycles. The molecule has 1 aliphatic heterocycles. The van der Waals surface area contributed by atoms with Crippen molar-refractivity contribution in [2.45, 2.75) is 51.0 Å². The summed E-state index contributed by atoms with van der Waals surface area (Å²) in [5.41, 5.74) is 1.30. The Morgan fingerprint density at radius 1 is 1.20 bits per heavy atom. The largest absolute Gasteiger partial charge is 0.494 e. The number of imide groups is 1. The number of ether oxygens (including phenoxy) is 2. The first kappa shape index (κ1) is 21.6. The maximum Gasteiger partial charge on any atom is 0.344 e. The summed E-state index contributed by atoms with van der Waals surface area (Å²) in [6.45, 7) is 1.88. The molecule has 2 fully saturated rings. The molecule has 0 radical (unpaired) electrons. The number of esters is 1. The van der Waals surface area contributed by atoms with Crippen LogP contribution in [-0.2, 0) is 19.1 Å². The summed E-state index contributed by atoms with van der Waals surface area (Å²) in [7, 11) is 0. The van der Waals surface area contributed by atoms with Crippen LogP contribution >= 0.6 is 0 Å². The molecule has 0 unspecified atom stereocenters. The van der Waals surface area contributed by atoms with Crippen LogP contribution in [0.3, 0.4) is 0 Å². The van der Waals surface area contributed by atoms with Crippen LogP contribution in [0.25, 0.3) is 0 Å². The number of para-hydroxylation sites is 1. The Morgan fingerprint density at radius 2 is 1.90 bits per heavy atom. The molecule has 2 N–H and O–H groups in total. The van der Waals surface area contributed by atoms with E-state index in [0.717, 1.165) is 12.8 Å². The quantitative estimate of drug-likeness (QED) is 0.379. The maximum absolute atomic E-state index is 12.7. The number of urea groups is 1. The van der Waals surface area contributed by atoms with Crippen molar-refractivity contribution in [1.29, 1.82) is 0 Å². The number of nitrogens with zero attached hydrogens (tertiary/aromatic N) is 1. The molecule has 4 amide bonds. The van der Waals surface area contributed by atoms with E-state index < -0.39 is 36.0 Å². The second kappa shape index (κ2) is 9.60. The highest BCUT2D eigenvalue weighted by Crippen LogP contribution is 2.35. The van der Waals surface area contributed by atoms with Crippen LogP contribution in [0.5, 0.6) is 5.75 Å². The Labute approximate surface area is 175 Å². The van der Waals surface area contributed by atoms with Gasteiger partial charge in [0, 0.05) is 6.42 Å². The standard InChI is InChI=1S/C21H27N3O6/c1-15-9-11-21(12-10-15)19(27)24(20(28)22-21)23-17(25)14-30-18(26)8-5-13-29-16-6-3-2-4-7-16/h2-4,6-7,15H,5,8-14H2,1H3,(H,22,28)(H,23,25). The van der Waals surface area contributed by atoms with Crippen molar-refractivity contribution >= 4 is 23.8 Å². The number of hydrogen-bond acceptors (Lipinski definition) is 6. The molecule has 1 heterocycles. The lowest BCUT2D eigenvalue weighted by molar-refractivity contribution is -0.151. The van der Waals surface area contributed by atoms with Crippen LogP contribution in [0.1, 0.15) is 45.4 Å². The minimum atomic E-state index is -0.938. The van der Waals surface area contributed by atoms with Gasteiger partial charge in [-0.25, -0.2) is 4.79 Å². The predicted octanol–water partition coefficient (Wildman–Crippen LogP) is 1.92. The molecule has 0 bridgehead atoms. The van der Waals surface area contributed by atoms with E-state index >= 15 is 0 Å². The smallest absolute Gasteiger partial charge is 0.344 e. The minimum Gasteiger partial charge on any atom is -0.494 e. The van der Waals surface area contributed by atoms with E-state index in [-0.39, 0.29) is 6.42 Å². The van der Waals surface area contributed by atoms with Crippen molar-refractivity contribution in [1.82, 2.24) is 15.8 Å². The average molecular weight is 417 g/mol. The van der Waals surface area contributed by atoms with Crippen LogP contribution in [0.4, 0.5) is 4.79 Å². The van der Waals surface area contributed by atoms with E-state index in [4.69, 9.17) is 9.47 Å². The molecule has 1 saturated carbocycles. The van der Waals surface area contributed by atoms with Crippen LogP contribution in [0.2, 0.25) is 0 Å². The molecule has 2 aliphatic rings. The summed E-state index contributed by atoms with van der Waals surface area (Å²) in [5.74, 6) is -0.548. The maximum atomic E-state index is 12.7. The second-order valence-corrected chi connectivity index (χ2v) is 7.80. The number of benzene rings is 1. The van der Waals surface area contributed by atoms with Gasteiger partial charge in [0.25, 0.3) is 11.8 Å². The fourth-order valence-electron chi connectivity index (χ4n) is 3.61. The highest BCUT2D eigenvalue weighted by Gasteiger charge is 2.52. The Kier molecular flexibility index (Phi) is 6.91. The van der Waals surface area contributed by atoms with E-state index in [9.17, 15) is 19.2 Å². The van der Waals surface area contributed by atoms with Crippen molar-refractivity contribution in [3.63, 3.8) is 0 Å². The number of rotatable bonds is 8. The summed E-state index contributed by atoms with van der Waals surface area (Å²) in [6.07, 6.45) is 3.28. The Morgan fingerprint density at radius 3 is 2.60 bits per heavy atom. The van der Waals surface area contributed by atoms with E-state index in [1.165, 1.54) is 0 Å². The van der Waals surface area contributed by atoms with E-state index in [2.05, 4.69) is 17.7 Å². The Hall–Kier alpha value is -3.10. The van der Waals surface area contributed by atoms with Crippen LogP contribution in [0.15, 0.2) is 30.3 Å². The van der Waals surface area contributed by atoms with Gasteiger partial charge in [-0.05, 0) is 50.2 Å². The third-order valence-corrected chi connectivity index (χ3v) is 5.43. The minimum absolute atomic E-state index is 0.0878. The van der Waals surface area contributed by atoms with E-state index in [0.29, 0.717) is 42.5 Å². The first-order chi connectivity index (χ1) is 14.4. The molecule has 9 nitrogen and oxygen atoms in total. The van der Waals surface area contributed by atoms with Crippen LogP contribution in [-0.4, -0.2) is 47.6 Å². The number of hydrogen-bond donors (Lipinski definition) is 2. The number of carbonyl (C=O) groups excluding carboxylic acids is 4. The first-order valence-electron chi connectivity index (χ1n) is 10.2. The SMILES string of the molecule is CC1CCC2(CC1)NC(=O)N(NC(=O)COC(=O)CCCOc1ccccc1)C2=O. The highest BCUT2D eigenvalue weighted by atomic mass is 16.5. The van der Waals surface area contributed by atoms with Gasteiger partial charge in [-0.15, -0.1) is 0 Å². The van der Waals surface area contributed by atoms with Gasteiger partial charge in [-0.1, -0.05) is 25.1 Å².